The Morgan fingerprint density at radius 1 is 1.10 bits per heavy atom. The molecule has 1 aromatic heterocycles. The lowest BCUT2D eigenvalue weighted by atomic mass is 9.87. The molecule has 0 aliphatic carbocycles. The summed E-state index contributed by atoms with van der Waals surface area (Å²) in [6, 6.07) is 8.54. The van der Waals surface area contributed by atoms with E-state index in [1.807, 2.05) is 0 Å². The van der Waals surface area contributed by atoms with E-state index in [1.165, 1.54) is 31.5 Å². The summed E-state index contributed by atoms with van der Waals surface area (Å²) in [7, 11) is 0. The molecule has 1 aliphatic rings. The van der Waals surface area contributed by atoms with Crippen molar-refractivity contribution in [1.82, 2.24) is 9.88 Å². The number of oxazole rings is 1. The van der Waals surface area contributed by atoms with Gasteiger partial charge >= 0.3 is 0 Å². The molecule has 112 valence electrons. The summed E-state index contributed by atoms with van der Waals surface area (Å²) < 4.78 is 5.65. The summed E-state index contributed by atoms with van der Waals surface area (Å²) in [6.07, 6.45) is 4.41. The Hall–Kier alpha value is -1.61. The van der Waals surface area contributed by atoms with Gasteiger partial charge in [-0.25, -0.2) is 4.98 Å². The number of hydrogen-bond acceptors (Lipinski definition) is 3. The largest absolute Gasteiger partial charge is 0.444 e. The maximum Gasteiger partial charge on any atom is 0.226 e. The molecule has 0 unspecified atom stereocenters. The van der Waals surface area contributed by atoms with E-state index in [-0.39, 0.29) is 5.41 Å². The first-order chi connectivity index (χ1) is 10.0. The Morgan fingerprint density at radius 2 is 1.76 bits per heavy atom. The van der Waals surface area contributed by atoms with E-state index in [0.717, 1.165) is 23.7 Å². The van der Waals surface area contributed by atoms with Crippen LogP contribution in [0.2, 0.25) is 0 Å². The normalized spacial score (nSPS) is 16.5. The van der Waals surface area contributed by atoms with Crippen molar-refractivity contribution < 1.29 is 4.42 Å². The van der Waals surface area contributed by atoms with Crippen molar-refractivity contribution in [3.63, 3.8) is 0 Å². The minimum absolute atomic E-state index is 0.177. The molecule has 0 spiro atoms. The number of nitrogens with zero attached hydrogens (tertiary/aromatic N) is 2. The van der Waals surface area contributed by atoms with E-state index in [2.05, 4.69) is 54.9 Å². The average Bonchev–Trinajstić information content (AvgIpc) is 3.10. The summed E-state index contributed by atoms with van der Waals surface area (Å²) in [6.45, 7) is 9.94. The minimum atomic E-state index is 0.177. The van der Waals surface area contributed by atoms with Gasteiger partial charge in [0.1, 0.15) is 6.26 Å². The van der Waals surface area contributed by atoms with Crippen molar-refractivity contribution in [3.05, 3.63) is 41.8 Å². The van der Waals surface area contributed by atoms with Gasteiger partial charge in [-0.05, 0) is 49.0 Å². The third kappa shape index (κ3) is 3.35. The van der Waals surface area contributed by atoms with Crippen LogP contribution in [0.1, 0.15) is 44.9 Å². The molecule has 3 heteroatoms. The fraction of sp³-hybridized carbons (Fsp3) is 0.500. The van der Waals surface area contributed by atoms with Crippen LogP contribution in [0.15, 0.2) is 34.9 Å². The average molecular weight is 284 g/mol. The van der Waals surface area contributed by atoms with Crippen LogP contribution in [0.3, 0.4) is 0 Å². The molecule has 1 fully saturated rings. The summed E-state index contributed by atoms with van der Waals surface area (Å²) >= 11 is 0. The van der Waals surface area contributed by atoms with Crippen molar-refractivity contribution in [2.45, 2.75) is 45.6 Å². The number of likely N-dealkylation sites (tertiary alicyclic amines) is 1. The number of hydrogen-bond donors (Lipinski definition) is 0. The Bertz CT molecular complexity index is 586. The summed E-state index contributed by atoms with van der Waals surface area (Å²) in [4.78, 5) is 7.06. The standard InChI is InChI=1S/C18H24N2O/c1-18(2,3)15-8-6-14(7-9-15)17-19-16(13-21-17)12-20-10-4-5-11-20/h6-9,13H,4-5,10-12H2,1-3H3. The van der Waals surface area contributed by atoms with E-state index in [1.54, 1.807) is 6.26 Å². The number of rotatable bonds is 3. The van der Waals surface area contributed by atoms with Crippen LogP contribution in [-0.2, 0) is 12.0 Å². The molecule has 2 aromatic rings. The predicted octanol–water partition coefficient (Wildman–Crippen LogP) is 4.23. The van der Waals surface area contributed by atoms with Gasteiger partial charge in [-0.15, -0.1) is 0 Å². The Morgan fingerprint density at radius 3 is 2.38 bits per heavy atom. The maximum absolute atomic E-state index is 5.65. The Labute approximate surface area is 127 Å². The molecule has 0 saturated carbocycles. The first kappa shape index (κ1) is 14.3. The molecule has 0 bridgehead atoms. The van der Waals surface area contributed by atoms with Crippen LogP contribution >= 0.6 is 0 Å². The van der Waals surface area contributed by atoms with Gasteiger partial charge in [0.25, 0.3) is 0 Å². The van der Waals surface area contributed by atoms with Crippen LogP contribution in [-0.4, -0.2) is 23.0 Å². The molecule has 2 heterocycles. The van der Waals surface area contributed by atoms with Gasteiger partial charge in [0.15, 0.2) is 0 Å². The smallest absolute Gasteiger partial charge is 0.226 e. The molecule has 0 amide bonds. The molecule has 21 heavy (non-hydrogen) atoms. The summed E-state index contributed by atoms with van der Waals surface area (Å²) in [5.41, 5.74) is 3.59. The zero-order chi connectivity index (χ0) is 14.9. The first-order valence-corrected chi connectivity index (χ1v) is 7.80. The minimum Gasteiger partial charge on any atom is -0.444 e. The third-order valence-corrected chi connectivity index (χ3v) is 4.13. The molecule has 1 aliphatic heterocycles. The SMILES string of the molecule is CC(C)(C)c1ccc(-c2nc(CN3CCCC3)co2)cc1. The number of aromatic nitrogens is 1. The highest BCUT2D eigenvalue weighted by molar-refractivity contribution is 5.54. The number of benzene rings is 1. The van der Waals surface area contributed by atoms with E-state index in [4.69, 9.17) is 4.42 Å². The second kappa shape index (κ2) is 5.64. The third-order valence-electron chi connectivity index (χ3n) is 4.13. The highest BCUT2D eigenvalue weighted by atomic mass is 16.3. The molecule has 0 radical (unpaired) electrons. The lowest BCUT2D eigenvalue weighted by molar-refractivity contribution is 0.327. The van der Waals surface area contributed by atoms with Gasteiger partial charge < -0.3 is 4.42 Å². The molecule has 3 nitrogen and oxygen atoms in total. The second-order valence-electron chi connectivity index (χ2n) is 6.95. The van der Waals surface area contributed by atoms with Crippen LogP contribution in [0.4, 0.5) is 0 Å². The lowest BCUT2D eigenvalue weighted by Crippen LogP contribution is -2.18. The molecule has 1 aromatic carbocycles. The zero-order valence-corrected chi connectivity index (χ0v) is 13.2. The van der Waals surface area contributed by atoms with Crippen LogP contribution < -0.4 is 0 Å². The summed E-state index contributed by atoms with van der Waals surface area (Å²) in [5, 5.41) is 0. The molecule has 1 saturated heterocycles. The summed E-state index contributed by atoms with van der Waals surface area (Å²) in [5.74, 6) is 0.727. The van der Waals surface area contributed by atoms with E-state index in [9.17, 15) is 0 Å². The van der Waals surface area contributed by atoms with Gasteiger partial charge in [-0.2, -0.15) is 0 Å². The van der Waals surface area contributed by atoms with Crippen molar-refractivity contribution in [1.29, 1.82) is 0 Å². The van der Waals surface area contributed by atoms with Crippen LogP contribution in [0.25, 0.3) is 11.5 Å². The predicted molar refractivity (Wildman–Crippen MR) is 85.2 cm³/mol. The quantitative estimate of drug-likeness (QED) is 0.844. The Balaban J connectivity index is 1.73. The zero-order valence-electron chi connectivity index (χ0n) is 13.2. The van der Waals surface area contributed by atoms with E-state index in [0.29, 0.717) is 0 Å². The van der Waals surface area contributed by atoms with Crippen molar-refractivity contribution in [2.75, 3.05) is 13.1 Å². The monoisotopic (exact) mass is 284 g/mol. The van der Waals surface area contributed by atoms with E-state index < -0.39 is 0 Å². The lowest BCUT2D eigenvalue weighted by Gasteiger charge is -2.18. The van der Waals surface area contributed by atoms with Crippen molar-refractivity contribution in [3.8, 4) is 11.5 Å². The van der Waals surface area contributed by atoms with Crippen LogP contribution in [0, 0.1) is 0 Å². The fourth-order valence-corrected chi connectivity index (χ4v) is 2.79. The van der Waals surface area contributed by atoms with Gasteiger partial charge in [-0.3, -0.25) is 4.90 Å². The second-order valence-corrected chi connectivity index (χ2v) is 6.95. The topological polar surface area (TPSA) is 29.3 Å². The van der Waals surface area contributed by atoms with Crippen LogP contribution in [0.5, 0.6) is 0 Å². The van der Waals surface area contributed by atoms with Gasteiger partial charge in [0.05, 0.1) is 5.69 Å². The molecule has 0 atom stereocenters. The van der Waals surface area contributed by atoms with Crippen molar-refractivity contribution in [2.24, 2.45) is 0 Å². The molecular weight excluding hydrogens is 260 g/mol. The van der Waals surface area contributed by atoms with Gasteiger partial charge in [-0.1, -0.05) is 32.9 Å². The Kier molecular flexibility index (Phi) is 3.85. The van der Waals surface area contributed by atoms with Gasteiger partial charge in [0, 0.05) is 12.1 Å². The van der Waals surface area contributed by atoms with Gasteiger partial charge in [0.2, 0.25) is 5.89 Å². The van der Waals surface area contributed by atoms with Crippen molar-refractivity contribution >= 4 is 0 Å². The molecule has 3 rings (SSSR count). The highest BCUT2D eigenvalue weighted by Crippen LogP contribution is 2.26. The molecule has 0 N–H and O–H groups in total. The first-order valence-electron chi connectivity index (χ1n) is 7.80. The molecular formula is C18H24N2O. The highest BCUT2D eigenvalue weighted by Gasteiger charge is 2.16. The fourth-order valence-electron chi connectivity index (χ4n) is 2.79. The van der Waals surface area contributed by atoms with E-state index >= 15 is 0 Å². The maximum atomic E-state index is 5.65.